The SMILES string of the molecule is F[B-](F)(F)F.F[B-](F)(F)F.[N].[N].[N].[N].[Zn+2]. The molecule has 0 aromatic heterocycles. The van der Waals surface area contributed by atoms with E-state index in [0.717, 1.165) is 0 Å². The molecular formula is B2F8N4Zn. The van der Waals surface area contributed by atoms with Crippen LogP contribution in [0.1, 0.15) is 0 Å². The van der Waals surface area contributed by atoms with Crippen molar-refractivity contribution in [2.24, 2.45) is 0 Å². The topological polar surface area (TPSA) is 122 Å². The predicted octanol–water partition coefficient (Wildman–Crippen LogP) is 0.675. The second-order valence-corrected chi connectivity index (χ2v) is 0.990. The molecule has 0 bridgehead atoms. The summed E-state index contributed by atoms with van der Waals surface area (Å²) in [5.41, 5.74) is 0. The largest absolute Gasteiger partial charge is 2.00 e. The van der Waals surface area contributed by atoms with E-state index in [9.17, 15) is 34.5 Å². The molecule has 15 heteroatoms. The van der Waals surface area contributed by atoms with Crippen LogP contribution in [-0.4, -0.2) is 14.5 Å². The maximum atomic E-state index is 9.75. The smallest absolute Gasteiger partial charge is 0.418 e. The van der Waals surface area contributed by atoms with E-state index in [1.54, 1.807) is 0 Å². The maximum absolute atomic E-state index is 9.75. The van der Waals surface area contributed by atoms with E-state index in [0.29, 0.717) is 0 Å². The third-order valence-electron chi connectivity index (χ3n) is 0. The average molecular weight is 295 g/mol. The molecule has 0 N–H and O–H groups in total. The van der Waals surface area contributed by atoms with Gasteiger partial charge in [0.1, 0.15) is 0 Å². The normalized spacial score (nSPS) is 8.00. The van der Waals surface area contributed by atoms with E-state index in [-0.39, 0.29) is 44.1 Å². The van der Waals surface area contributed by atoms with Crippen molar-refractivity contribution in [1.29, 1.82) is 0 Å². The summed E-state index contributed by atoms with van der Waals surface area (Å²) in [7, 11) is -12.0. The van der Waals surface area contributed by atoms with E-state index in [1.807, 2.05) is 0 Å². The second-order valence-electron chi connectivity index (χ2n) is 0.990. The van der Waals surface area contributed by atoms with Crippen LogP contribution in [0.2, 0.25) is 0 Å². The van der Waals surface area contributed by atoms with E-state index in [1.165, 1.54) is 0 Å². The molecule has 15 heavy (non-hydrogen) atoms. The summed E-state index contributed by atoms with van der Waals surface area (Å²) in [5.74, 6) is 0. The summed E-state index contributed by atoms with van der Waals surface area (Å²) < 4.78 is 78.0. The number of hydrogen-bond acceptors (Lipinski definition) is 0. The third kappa shape index (κ3) is 1840000. The summed E-state index contributed by atoms with van der Waals surface area (Å²) in [5, 5.41) is 0. The maximum Gasteiger partial charge on any atom is 2.00 e. The number of rotatable bonds is 0. The molecule has 0 aliphatic heterocycles. The van der Waals surface area contributed by atoms with Crippen molar-refractivity contribution in [3.8, 4) is 0 Å². The van der Waals surface area contributed by atoms with Crippen LogP contribution in [-0.2, 0) is 19.5 Å². The minimum atomic E-state index is -6.00. The molecule has 0 aromatic carbocycles. The zero-order chi connectivity index (χ0) is 9.00. The van der Waals surface area contributed by atoms with Crippen molar-refractivity contribution >= 4 is 14.5 Å². The predicted molar refractivity (Wildman–Crippen MR) is 28.9 cm³/mol. The summed E-state index contributed by atoms with van der Waals surface area (Å²) in [4.78, 5) is 0. The molecule has 12 radical (unpaired) electrons. The van der Waals surface area contributed by atoms with Gasteiger partial charge < -0.3 is 34.5 Å². The molecule has 0 unspecified atom stereocenters. The monoisotopic (exact) mass is 294 g/mol. The Morgan fingerprint density at radius 2 is 0.400 bits per heavy atom. The molecule has 0 aromatic rings. The van der Waals surface area contributed by atoms with Gasteiger partial charge in [-0.3, -0.25) is 0 Å². The van der Waals surface area contributed by atoms with Crippen molar-refractivity contribution in [1.82, 2.24) is 24.6 Å². The van der Waals surface area contributed by atoms with Gasteiger partial charge in [0.2, 0.25) is 0 Å². The first kappa shape index (κ1) is 45.9. The van der Waals surface area contributed by atoms with Gasteiger partial charge in [-0.15, -0.1) is 0 Å². The first-order valence-electron chi connectivity index (χ1n) is 1.75. The van der Waals surface area contributed by atoms with E-state index >= 15 is 0 Å². The number of hydrogen-bond donors (Lipinski definition) is 0. The molecule has 0 saturated carbocycles. The molecule has 0 fully saturated rings. The zero-order valence-corrected chi connectivity index (χ0v) is 9.64. The third-order valence-corrected chi connectivity index (χ3v) is 0. The Kier molecular flexibility index (Phi) is 50.3. The van der Waals surface area contributed by atoms with E-state index < -0.39 is 14.5 Å². The molecule has 84 valence electrons. The van der Waals surface area contributed by atoms with Crippen LogP contribution in [0.3, 0.4) is 0 Å². The molecule has 0 saturated heterocycles. The number of nitrogens with zero attached hydrogens (tertiary/aromatic N) is 4. The molecule has 0 amide bonds. The minimum Gasteiger partial charge on any atom is -0.418 e. The first-order valence-corrected chi connectivity index (χ1v) is 1.75. The van der Waals surface area contributed by atoms with E-state index in [2.05, 4.69) is 0 Å². The Hall–Kier alpha value is 0.0332. The van der Waals surface area contributed by atoms with Crippen molar-refractivity contribution in [2.75, 3.05) is 0 Å². The summed E-state index contributed by atoms with van der Waals surface area (Å²) in [6, 6.07) is 0. The van der Waals surface area contributed by atoms with Crippen LogP contribution >= 0.6 is 0 Å². The fourth-order valence-electron chi connectivity index (χ4n) is 0. The standard InChI is InChI=1S/2BF4.4N.Zn/c2*2-1(3,4)5;;;;;/q2*-1;;;;;+2. The average Bonchev–Trinajstić information content (AvgIpc) is 1.12. The van der Waals surface area contributed by atoms with Gasteiger partial charge in [-0.05, 0) is 0 Å². The summed E-state index contributed by atoms with van der Waals surface area (Å²) in [6.45, 7) is 0. The minimum absolute atomic E-state index is 0. The second kappa shape index (κ2) is 16.5. The van der Waals surface area contributed by atoms with Gasteiger partial charge in [0.05, 0.1) is 0 Å². The van der Waals surface area contributed by atoms with Gasteiger partial charge >= 0.3 is 34.0 Å². The molecule has 0 rings (SSSR count). The van der Waals surface area contributed by atoms with Crippen molar-refractivity contribution in [2.45, 2.75) is 0 Å². The Labute approximate surface area is 93.8 Å². The first-order chi connectivity index (χ1) is 4.00. The van der Waals surface area contributed by atoms with Crippen molar-refractivity contribution < 1.29 is 54.0 Å². The Bertz CT molecular complexity index is 67.6. The molecule has 0 aliphatic carbocycles. The molecule has 0 spiro atoms. The molecular weight excluding hydrogens is 295 g/mol. The van der Waals surface area contributed by atoms with Crippen molar-refractivity contribution in [3.05, 3.63) is 0 Å². The zero-order valence-electron chi connectivity index (χ0n) is 6.67. The van der Waals surface area contributed by atoms with Gasteiger partial charge in [-0.2, -0.15) is 0 Å². The van der Waals surface area contributed by atoms with Gasteiger partial charge in [-0.1, -0.05) is 0 Å². The molecule has 0 atom stereocenters. The van der Waals surface area contributed by atoms with Crippen molar-refractivity contribution in [3.63, 3.8) is 0 Å². The Balaban J connectivity index is -0.0000000128. The van der Waals surface area contributed by atoms with Crippen LogP contribution in [0.25, 0.3) is 0 Å². The van der Waals surface area contributed by atoms with Gasteiger partial charge in [-0.25, -0.2) is 0 Å². The number of halogens is 8. The van der Waals surface area contributed by atoms with E-state index in [4.69, 9.17) is 0 Å². The Morgan fingerprint density at radius 3 is 0.400 bits per heavy atom. The fourth-order valence-corrected chi connectivity index (χ4v) is 0. The van der Waals surface area contributed by atoms with Crippen LogP contribution < -0.4 is 24.6 Å². The summed E-state index contributed by atoms with van der Waals surface area (Å²) >= 11 is 0. The Morgan fingerprint density at radius 1 is 0.400 bits per heavy atom. The van der Waals surface area contributed by atoms with Crippen LogP contribution in [0, 0.1) is 0 Å². The van der Waals surface area contributed by atoms with Gasteiger partial charge in [0, 0.05) is 24.6 Å². The quantitative estimate of drug-likeness (QED) is 0.460. The van der Waals surface area contributed by atoms with Crippen LogP contribution in [0.5, 0.6) is 0 Å². The molecule has 0 aliphatic rings. The van der Waals surface area contributed by atoms with Crippen LogP contribution in [0.15, 0.2) is 0 Å². The van der Waals surface area contributed by atoms with Gasteiger partial charge in [0.25, 0.3) is 0 Å². The van der Waals surface area contributed by atoms with Crippen LogP contribution in [0.4, 0.5) is 34.5 Å². The summed E-state index contributed by atoms with van der Waals surface area (Å²) in [6.07, 6.45) is 0. The van der Waals surface area contributed by atoms with Gasteiger partial charge in [0.15, 0.2) is 0 Å². The fraction of sp³-hybridized carbons (Fsp3) is 0. The molecule has 0 heterocycles. The molecule has 4 nitrogen and oxygen atoms in total.